The number of ether oxygens (including phenoxy) is 1. The third-order valence-electron chi connectivity index (χ3n) is 2.99. The lowest BCUT2D eigenvalue weighted by molar-refractivity contribution is -0.123. The first-order chi connectivity index (χ1) is 10.3. The second-order valence-corrected chi connectivity index (χ2v) is 7.21. The first kappa shape index (κ1) is 18.4. The number of nitrogens with zero attached hydrogens (tertiary/aromatic N) is 1. The van der Waals surface area contributed by atoms with Crippen LogP contribution in [0.25, 0.3) is 0 Å². The summed E-state index contributed by atoms with van der Waals surface area (Å²) in [5.41, 5.74) is 0. The molecule has 1 aromatic rings. The number of benzene rings is 1. The van der Waals surface area contributed by atoms with E-state index in [2.05, 4.69) is 5.32 Å². The Kier molecular flexibility index (Phi) is 7.34. The van der Waals surface area contributed by atoms with Gasteiger partial charge in [0.25, 0.3) is 5.91 Å². The summed E-state index contributed by atoms with van der Waals surface area (Å²) in [5.74, 6) is 0.417. The van der Waals surface area contributed by atoms with Crippen LogP contribution in [0.4, 0.5) is 0 Å². The largest absolute Gasteiger partial charge is 0.484 e. The van der Waals surface area contributed by atoms with Crippen molar-refractivity contribution >= 4 is 15.9 Å². The molecule has 0 bridgehead atoms. The van der Waals surface area contributed by atoms with Crippen molar-refractivity contribution in [1.82, 2.24) is 9.62 Å². The maximum atomic E-state index is 11.6. The molecule has 0 saturated carbocycles. The minimum Gasteiger partial charge on any atom is -0.484 e. The molecule has 0 radical (unpaired) electrons. The van der Waals surface area contributed by atoms with Gasteiger partial charge in [0, 0.05) is 19.1 Å². The van der Waals surface area contributed by atoms with Gasteiger partial charge in [-0.25, -0.2) is 8.42 Å². The number of amides is 1. The first-order valence-corrected chi connectivity index (χ1v) is 9.07. The fraction of sp³-hybridized carbons (Fsp3) is 0.533. The Morgan fingerprint density at radius 1 is 1.27 bits per heavy atom. The number of rotatable bonds is 9. The van der Waals surface area contributed by atoms with Crippen molar-refractivity contribution in [3.63, 3.8) is 0 Å². The molecule has 124 valence electrons. The van der Waals surface area contributed by atoms with Gasteiger partial charge < -0.3 is 10.1 Å². The van der Waals surface area contributed by atoms with Gasteiger partial charge in [-0.2, -0.15) is 4.31 Å². The normalized spacial score (nSPS) is 11.7. The molecule has 0 aliphatic carbocycles. The molecule has 0 atom stereocenters. The Morgan fingerprint density at radius 3 is 2.45 bits per heavy atom. The topological polar surface area (TPSA) is 75.7 Å². The SMILES string of the molecule is CC(C)N(CCCNC(=O)COc1ccccc1)S(C)(=O)=O. The van der Waals surface area contributed by atoms with E-state index in [-0.39, 0.29) is 18.6 Å². The van der Waals surface area contributed by atoms with Crippen LogP contribution in [0, 0.1) is 0 Å². The molecule has 0 spiro atoms. The molecule has 0 saturated heterocycles. The fourth-order valence-electron chi connectivity index (χ4n) is 1.99. The van der Waals surface area contributed by atoms with Gasteiger partial charge in [0.1, 0.15) is 5.75 Å². The average molecular weight is 328 g/mol. The summed E-state index contributed by atoms with van der Waals surface area (Å²) in [7, 11) is -3.22. The molecule has 0 unspecified atom stereocenters. The molecule has 22 heavy (non-hydrogen) atoms. The van der Waals surface area contributed by atoms with Crippen LogP contribution in [0.2, 0.25) is 0 Å². The van der Waals surface area contributed by atoms with E-state index in [0.717, 1.165) is 0 Å². The van der Waals surface area contributed by atoms with Gasteiger partial charge in [-0.15, -0.1) is 0 Å². The second kappa shape index (κ2) is 8.75. The summed E-state index contributed by atoms with van der Waals surface area (Å²) in [6.07, 6.45) is 1.75. The van der Waals surface area contributed by atoms with Crippen molar-refractivity contribution in [2.45, 2.75) is 26.3 Å². The van der Waals surface area contributed by atoms with Gasteiger partial charge in [0.2, 0.25) is 10.0 Å². The van der Waals surface area contributed by atoms with Crippen LogP contribution in [0.15, 0.2) is 30.3 Å². The van der Waals surface area contributed by atoms with Crippen LogP contribution in [0.1, 0.15) is 20.3 Å². The summed E-state index contributed by atoms with van der Waals surface area (Å²) >= 11 is 0. The van der Waals surface area contributed by atoms with E-state index in [9.17, 15) is 13.2 Å². The Bertz CT molecular complexity index is 558. The molecule has 1 N–H and O–H groups in total. The van der Waals surface area contributed by atoms with E-state index in [1.807, 2.05) is 32.0 Å². The first-order valence-electron chi connectivity index (χ1n) is 7.22. The van der Waals surface area contributed by atoms with Crippen molar-refractivity contribution in [3.8, 4) is 5.75 Å². The highest BCUT2D eigenvalue weighted by molar-refractivity contribution is 7.88. The predicted octanol–water partition coefficient (Wildman–Crippen LogP) is 1.24. The third kappa shape index (κ3) is 6.91. The molecular weight excluding hydrogens is 304 g/mol. The zero-order valence-electron chi connectivity index (χ0n) is 13.3. The van der Waals surface area contributed by atoms with E-state index in [1.165, 1.54) is 10.6 Å². The molecule has 0 heterocycles. The van der Waals surface area contributed by atoms with E-state index in [4.69, 9.17) is 4.74 Å². The molecule has 0 aromatic heterocycles. The zero-order chi connectivity index (χ0) is 16.6. The molecule has 1 amide bonds. The zero-order valence-corrected chi connectivity index (χ0v) is 14.1. The Morgan fingerprint density at radius 2 is 1.91 bits per heavy atom. The number of carbonyl (C=O) groups is 1. The van der Waals surface area contributed by atoms with Crippen LogP contribution in [-0.2, 0) is 14.8 Å². The number of hydrogen-bond donors (Lipinski definition) is 1. The van der Waals surface area contributed by atoms with Crippen molar-refractivity contribution in [2.75, 3.05) is 26.0 Å². The summed E-state index contributed by atoms with van der Waals surface area (Å²) in [4.78, 5) is 11.6. The van der Waals surface area contributed by atoms with E-state index >= 15 is 0 Å². The molecule has 0 aliphatic heterocycles. The highest BCUT2D eigenvalue weighted by atomic mass is 32.2. The van der Waals surface area contributed by atoms with Gasteiger partial charge in [-0.1, -0.05) is 18.2 Å². The number of hydrogen-bond acceptors (Lipinski definition) is 4. The van der Waals surface area contributed by atoms with Crippen molar-refractivity contribution in [1.29, 1.82) is 0 Å². The van der Waals surface area contributed by atoms with Gasteiger partial charge in [-0.3, -0.25) is 4.79 Å². The highest BCUT2D eigenvalue weighted by Gasteiger charge is 2.19. The van der Waals surface area contributed by atoms with Crippen molar-refractivity contribution in [3.05, 3.63) is 30.3 Å². The Hall–Kier alpha value is -1.60. The van der Waals surface area contributed by atoms with Crippen LogP contribution in [0.3, 0.4) is 0 Å². The second-order valence-electron chi connectivity index (χ2n) is 5.27. The highest BCUT2D eigenvalue weighted by Crippen LogP contribution is 2.07. The van der Waals surface area contributed by atoms with Crippen LogP contribution in [0.5, 0.6) is 5.75 Å². The van der Waals surface area contributed by atoms with Crippen LogP contribution < -0.4 is 10.1 Å². The third-order valence-corrected chi connectivity index (χ3v) is 4.45. The van der Waals surface area contributed by atoms with Crippen LogP contribution >= 0.6 is 0 Å². The monoisotopic (exact) mass is 328 g/mol. The van der Waals surface area contributed by atoms with Gasteiger partial charge in [0.05, 0.1) is 6.26 Å². The minimum absolute atomic E-state index is 0.0516. The lowest BCUT2D eigenvalue weighted by Crippen LogP contribution is -2.38. The van der Waals surface area contributed by atoms with Gasteiger partial charge >= 0.3 is 0 Å². The molecule has 1 aromatic carbocycles. The minimum atomic E-state index is -3.22. The lowest BCUT2D eigenvalue weighted by atomic mass is 10.3. The standard InChI is InChI=1S/C15H24N2O4S/c1-13(2)17(22(3,19)20)11-7-10-16-15(18)12-21-14-8-5-4-6-9-14/h4-6,8-9,13H,7,10-12H2,1-3H3,(H,16,18). The average Bonchev–Trinajstić information content (AvgIpc) is 2.44. The summed E-state index contributed by atoms with van der Waals surface area (Å²) in [5, 5.41) is 2.71. The molecular formula is C15H24N2O4S. The van der Waals surface area contributed by atoms with Gasteiger partial charge in [0.15, 0.2) is 6.61 Å². The summed E-state index contributed by atoms with van der Waals surface area (Å²) < 4.78 is 29.9. The van der Waals surface area contributed by atoms with E-state index in [0.29, 0.717) is 25.3 Å². The van der Waals surface area contributed by atoms with Crippen LogP contribution in [-0.4, -0.2) is 50.6 Å². The van der Waals surface area contributed by atoms with E-state index in [1.54, 1.807) is 12.1 Å². The maximum Gasteiger partial charge on any atom is 0.257 e. The smallest absolute Gasteiger partial charge is 0.257 e. The predicted molar refractivity (Wildman–Crippen MR) is 86.2 cm³/mol. The lowest BCUT2D eigenvalue weighted by Gasteiger charge is -2.23. The molecule has 6 nitrogen and oxygen atoms in total. The number of para-hydroxylation sites is 1. The molecule has 0 aliphatic rings. The van der Waals surface area contributed by atoms with Crippen molar-refractivity contribution in [2.24, 2.45) is 0 Å². The number of nitrogens with one attached hydrogen (secondary N) is 1. The molecule has 0 fully saturated rings. The number of carbonyl (C=O) groups excluding carboxylic acids is 1. The Balaban J connectivity index is 2.25. The Labute approximate surface area is 132 Å². The summed E-state index contributed by atoms with van der Waals surface area (Å²) in [6.45, 7) is 4.40. The fourth-order valence-corrected chi connectivity index (χ4v) is 3.21. The summed E-state index contributed by atoms with van der Waals surface area (Å²) in [6, 6.07) is 9.00. The molecule has 7 heteroatoms. The molecule has 1 rings (SSSR count). The van der Waals surface area contributed by atoms with Crippen molar-refractivity contribution < 1.29 is 17.9 Å². The van der Waals surface area contributed by atoms with Gasteiger partial charge in [-0.05, 0) is 32.4 Å². The number of sulfonamides is 1. The quantitative estimate of drug-likeness (QED) is 0.692. The van der Waals surface area contributed by atoms with E-state index < -0.39 is 10.0 Å². The maximum absolute atomic E-state index is 11.6.